The SMILES string of the molecule is COc1ccc(-c2noc(C(=O)NCCNC(=O)c3cccc([N+](=O)[O-])c3)n2)cc1. The molecule has 11 heteroatoms. The molecule has 1 aromatic heterocycles. The maximum absolute atomic E-state index is 12.1. The zero-order valence-electron chi connectivity index (χ0n) is 15.8. The van der Waals surface area contributed by atoms with E-state index >= 15 is 0 Å². The number of nitro benzene ring substituents is 1. The number of carbonyl (C=O) groups excluding carboxylic acids is 2. The molecular weight excluding hydrogens is 394 g/mol. The lowest BCUT2D eigenvalue weighted by Gasteiger charge is -2.05. The molecule has 0 atom stereocenters. The van der Waals surface area contributed by atoms with Gasteiger partial charge in [-0.2, -0.15) is 4.98 Å². The van der Waals surface area contributed by atoms with E-state index in [-0.39, 0.29) is 36.1 Å². The molecule has 1 heterocycles. The highest BCUT2D eigenvalue weighted by molar-refractivity contribution is 5.95. The summed E-state index contributed by atoms with van der Waals surface area (Å²) in [7, 11) is 1.55. The highest BCUT2D eigenvalue weighted by Gasteiger charge is 2.16. The molecule has 3 rings (SSSR count). The number of hydrogen-bond donors (Lipinski definition) is 2. The van der Waals surface area contributed by atoms with E-state index in [2.05, 4.69) is 20.8 Å². The smallest absolute Gasteiger partial charge is 0.316 e. The van der Waals surface area contributed by atoms with E-state index in [0.29, 0.717) is 11.3 Å². The number of amides is 2. The Labute approximate surface area is 170 Å². The monoisotopic (exact) mass is 411 g/mol. The van der Waals surface area contributed by atoms with Crippen LogP contribution >= 0.6 is 0 Å². The number of ether oxygens (including phenoxy) is 1. The summed E-state index contributed by atoms with van der Waals surface area (Å²) in [5.41, 5.74) is 0.624. The van der Waals surface area contributed by atoms with Gasteiger partial charge in [0.15, 0.2) is 0 Å². The Bertz CT molecular complexity index is 1060. The third-order valence-corrected chi connectivity index (χ3v) is 3.98. The largest absolute Gasteiger partial charge is 0.497 e. The van der Waals surface area contributed by atoms with Crippen LogP contribution in [0.15, 0.2) is 53.1 Å². The second-order valence-corrected chi connectivity index (χ2v) is 5.97. The number of hydrogen-bond acceptors (Lipinski definition) is 8. The fraction of sp³-hybridized carbons (Fsp3) is 0.158. The van der Waals surface area contributed by atoms with Crippen molar-refractivity contribution < 1.29 is 23.8 Å². The average molecular weight is 411 g/mol. The maximum atomic E-state index is 12.1. The van der Waals surface area contributed by atoms with Crippen LogP contribution < -0.4 is 15.4 Å². The number of aromatic nitrogens is 2. The minimum Gasteiger partial charge on any atom is -0.497 e. The summed E-state index contributed by atoms with van der Waals surface area (Å²) in [4.78, 5) is 38.4. The van der Waals surface area contributed by atoms with Gasteiger partial charge in [-0.05, 0) is 30.3 Å². The lowest BCUT2D eigenvalue weighted by Crippen LogP contribution is -2.34. The van der Waals surface area contributed by atoms with Gasteiger partial charge < -0.3 is 19.9 Å². The Hall–Kier alpha value is -4.28. The molecule has 0 saturated carbocycles. The number of nitro groups is 1. The fourth-order valence-electron chi connectivity index (χ4n) is 2.46. The number of non-ortho nitro benzene ring substituents is 1. The van der Waals surface area contributed by atoms with Crippen LogP contribution in [-0.2, 0) is 0 Å². The molecule has 0 unspecified atom stereocenters. The number of benzene rings is 2. The van der Waals surface area contributed by atoms with Crippen LogP contribution in [0.1, 0.15) is 21.0 Å². The van der Waals surface area contributed by atoms with Crippen molar-refractivity contribution in [3.63, 3.8) is 0 Å². The van der Waals surface area contributed by atoms with E-state index in [1.165, 1.54) is 24.3 Å². The summed E-state index contributed by atoms with van der Waals surface area (Å²) in [6, 6.07) is 12.3. The first-order valence-electron chi connectivity index (χ1n) is 8.77. The zero-order valence-corrected chi connectivity index (χ0v) is 15.8. The van der Waals surface area contributed by atoms with Crippen molar-refractivity contribution in [2.75, 3.05) is 20.2 Å². The van der Waals surface area contributed by atoms with Gasteiger partial charge in [-0.25, -0.2) is 0 Å². The van der Waals surface area contributed by atoms with Crippen molar-refractivity contribution in [3.05, 3.63) is 70.1 Å². The van der Waals surface area contributed by atoms with Crippen molar-refractivity contribution >= 4 is 17.5 Å². The highest BCUT2D eigenvalue weighted by Crippen LogP contribution is 2.19. The van der Waals surface area contributed by atoms with Crippen molar-refractivity contribution in [2.24, 2.45) is 0 Å². The fourth-order valence-corrected chi connectivity index (χ4v) is 2.46. The third kappa shape index (κ3) is 4.95. The van der Waals surface area contributed by atoms with Gasteiger partial charge in [0.05, 0.1) is 12.0 Å². The number of nitrogens with one attached hydrogen (secondary N) is 2. The standard InChI is InChI=1S/C19H17N5O6/c1-29-15-7-5-12(6-8-15)16-22-19(30-23-16)18(26)21-10-9-20-17(25)13-3-2-4-14(11-13)24(27)28/h2-8,11H,9-10H2,1H3,(H,20,25)(H,21,26). The van der Waals surface area contributed by atoms with Gasteiger partial charge in [0.1, 0.15) is 5.75 Å². The topological polar surface area (TPSA) is 149 Å². The van der Waals surface area contributed by atoms with Crippen molar-refractivity contribution in [1.82, 2.24) is 20.8 Å². The normalized spacial score (nSPS) is 10.3. The Kier molecular flexibility index (Phi) is 6.33. The predicted molar refractivity (Wildman–Crippen MR) is 104 cm³/mol. The Morgan fingerprint density at radius 1 is 1.10 bits per heavy atom. The van der Waals surface area contributed by atoms with E-state index in [0.717, 1.165) is 0 Å². The molecular formula is C19H17N5O6. The van der Waals surface area contributed by atoms with Crippen molar-refractivity contribution in [3.8, 4) is 17.1 Å². The lowest BCUT2D eigenvalue weighted by molar-refractivity contribution is -0.384. The van der Waals surface area contributed by atoms with E-state index in [9.17, 15) is 19.7 Å². The van der Waals surface area contributed by atoms with Crippen LogP contribution in [0.5, 0.6) is 5.75 Å². The zero-order chi connectivity index (χ0) is 21.5. The molecule has 0 aliphatic carbocycles. The summed E-state index contributed by atoms with van der Waals surface area (Å²) in [6.07, 6.45) is 0. The quantitative estimate of drug-likeness (QED) is 0.324. The average Bonchev–Trinajstić information content (AvgIpc) is 3.27. The molecule has 30 heavy (non-hydrogen) atoms. The summed E-state index contributed by atoms with van der Waals surface area (Å²) >= 11 is 0. The molecule has 0 saturated heterocycles. The van der Waals surface area contributed by atoms with Crippen LogP contribution in [0, 0.1) is 10.1 Å². The van der Waals surface area contributed by atoms with Crippen LogP contribution in [0.2, 0.25) is 0 Å². The third-order valence-electron chi connectivity index (χ3n) is 3.98. The highest BCUT2D eigenvalue weighted by atomic mass is 16.6. The number of carbonyl (C=O) groups is 2. The Morgan fingerprint density at radius 3 is 2.47 bits per heavy atom. The molecule has 0 aliphatic heterocycles. The second-order valence-electron chi connectivity index (χ2n) is 5.97. The van der Waals surface area contributed by atoms with E-state index in [1.54, 1.807) is 31.4 Å². The van der Waals surface area contributed by atoms with Gasteiger partial charge in [-0.3, -0.25) is 19.7 Å². The molecule has 0 aliphatic rings. The molecule has 2 amide bonds. The minimum absolute atomic E-state index is 0.0970. The van der Waals surface area contributed by atoms with Crippen LogP contribution in [-0.4, -0.2) is 47.1 Å². The van der Waals surface area contributed by atoms with E-state index in [4.69, 9.17) is 9.26 Å². The molecule has 2 N–H and O–H groups in total. The van der Waals surface area contributed by atoms with Crippen molar-refractivity contribution in [2.45, 2.75) is 0 Å². The Balaban J connectivity index is 1.49. The number of methoxy groups -OCH3 is 1. The molecule has 154 valence electrons. The molecule has 3 aromatic rings. The van der Waals surface area contributed by atoms with Gasteiger partial charge in [0, 0.05) is 36.3 Å². The summed E-state index contributed by atoms with van der Waals surface area (Å²) in [6.45, 7) is 0.201. The second kappa shape index (κ2) is 9.28. The maximum Gasteiger partial charge on any atom is 0.316 e. The van der Waals surface area contributed by atoms with Gasteiger partial charge in [0.2, 0.25) is 5.82 Å². The minimum atomic E-state index is -0.591. The first-order chi connectivity index (χ1) is 14.5. The molecule has 0 radical (unpaired) electrons. The molecule has 0 fully saturated rings. The summed E-state index contributed by atoms with van der Waals surface area (Å²) in [5.74, 6) is -0.376. The molecule has 11 nitrogen and oxygen atoms in total. The van der Waals surface area contributed by atoms with Crippen LogP contribution in [0.3, 0.4) is 0 Å². The summed E-state index contributed by atoms with van der Waals surface area (Å²) in [5, 5.41) is 19.6. The van der Waals surface area contributed by atoms with Crippen molar-refractivity contribution in [1.29, 1.82) is 0 Å². The first kappa shape index (κ1) is 20.5. The van der Waals surface area contributed by atoms with Gasteiger partial charge >= 0.3 is 11.8 Å². The predicted octanol–water partition coefficient (Wildman–Crippen LogP) is 1.81. The molecule has 0 spiro atoms. The summed E-state index contributed by atoms with van der Waals surface area (Å²) < 4.78 is 10.0. The first-order valence-corrected chi connectivity index (χ1v) is 8.77. The van der Waals surface area contributed by atoms with E-state index < -0.39 is 16.7 Å². The lowest BCUT2D eigenvalue weighted by atomic mass is 10.2. The van der Waals surface area contributed by atoms with Gasteiger partial charge in [0.25, 0.3) is 11.6 Å². The van der Waals surface area contributed by atoms with Crippen LogP contribution in [0.25, 0.3) is 11.4 Å². The number of nitrogens with zero attached hydrogens (tertiary/aromatic N) is 3. The Morgan fingerprint density at radius 2 is 1.80 bits per heavy atom. The van der Waals surface area contributed by atoms with Gasteiger partial charge in [-0.1, -0.05) is 11.2 Å². The molecule has 0 bridgehead atoms. The number of rotatable bonds is 8. The van der Waals surface area contributed by atoms with Crippen LogP contribution in [0.4, 0.5) is 5.69 Å². The van der Waals surface area contributed by atoms with E-state index in [1.807, 2.05) is 0 Å². The molecule has 2 aromatic carbocycles. The van der Waals surface area contributed by atoms with Gasteiger partial charge in [-0.15, -0.1) is 0 Å².